The van der Waals surface area contributed by atoms with Gasteiger partial charge in [0.05, 0.1) is 5.69 Å². The third-order valence-corrected chi connectivity index (χ3v) is 4.28. The number of anilines is 1. The van der Waals surface area contributed by atoms with Crippen molar-refractivity contribution < 1.29 is 23.9 Å². The highest BCUT2D eigenvalue weighted by Crippen LogP contribution is 2.19. The lowest BCUT2D eigenvalue weighted by atomic mass is 10.0. The molecule has 0 bridgehead atoms. The van der Waals surface area contributed by atoms with Crippen LogP contribution in [-0.4, -0.2) is 36.7 Å². The van der Waals surface area contributed by atoms with Crippen molar-refractivity contribution in [2.45, 2.75) is 0 Å². The minimum Gasteiger partial charge on any atom is -0.454 e. The zero-order valence-electron chi connectivity index (χ0n) is 16.5. The Hall–Kier alpha value is -4.26. The monoisotopic (exact) mass is 416 g/mol. The second-order valence-electron chi connectivity index (χ2n) is 6.50. The lowest BCUT2D eigenvalue weighted by Gasteiger charge is -2.11. The van der Waals surface area contributed by atoms with Gasteiger partial charge in [-0.2, -0.15) is 0 Å². The van der Waals surface area contributed by atoms with Crippen LogP contribution in [0.15, 0.2) is 84.9 Å². The van der Waals surface area contributed by atoms with E-state index < -0.39 is 24.4 Å². The summed E-state index contributed by atoms with van der Waals surface area (Å²) in [5, 5.41) is 5.01. The molecule has 0 saturated carbocycles. The smallest absolute Gasteiger partial charge is 0.325 e. The Morgan fingerprint density at radius 2 is 1.29 bits per heavy atom. The van der Waals surface area contributed by atoms with Gasteiger partial charge in [0.25, 0.3) is 11.8 Å². The van der Waals surface area contributed by atoms with Crippen LogP contribution in [0, 0.1) is 0 Å². The van der Waals surface area contributed by atoms with Crippen LogP contribution in [0.1, 0.15) is 26.3 Å². The first kappa shape index (κ1) is 21.4. The van der Waals surface area contributed by atoms with Crippen LogP contribution in [0.4, 0.5) is 5.69 Å². The van der Waals surface area contributed by atoms with Crippen molar-refractivity contribution in [2.24, 2.45) is 0 Å². The number of hydrogen-bond acceptors (Lipinski definition) is 5. The van der Waals surface area contributed by atoms with Crippen LogP contribution in [0.3, 0.4) is 0 Å². The number of carbonyl (C=O) groups excluding carboxylic acids is 4. The van der Waals surface area contributed by atoms with E-state index in [1.807, 2.05) is 0 Å². The summed E-state index contributed by atoms with van der Waals surface area (Å²) >= 11 is 0. The molecule has 0 saturated heterocycles. The first-order valence-corrected chi connectivity index (χ1v) is 9.52. The van der Waals surface area contributed by atoms with E-state index in [9.17, 15) is 19.2 Å². The summed E-state index contributed by atoms with van der Waals surface area (Å²) in [6.07, 6.45) is 0. The Morgan fingerprint density at radius 1 is 0.710 bits per heavy atom. The zero-order chi connectivity index (χ0) is 22.1. The number of hydrogen-bond donors (Lipinski definition) is 2. The molecular weight excluding hydrogens is 396 g/mol. The minimum absolute atomic E-state index is 0.239. The molecule has 3 rings (SSSR count). The van der Waals surface area contributed by atoms with Crippen LogP contribution in [0.25, 0.3) is 0 Å². The molecule has 0 aliphatic heterocycles. The fraction of sp³-hybridized carbons (Fsp3) is 0.0833. The maximum Gasteiger partial charge on any atom is 0.325 e. The number of ketones is 1. The predicted octanol–water partition coefficient (Wildman–Crippen LogP) is 2.83. The number of benzene rings is 3. The molecular formula is C24H20N2O5. The maximum absolute atomic E-state index is 12.7. The maximum atomic E-state index is 12.7. The second-order valence-corrected chi connectivity index (χ2v) is 6.50. The standard InChI is InChI=1S/C24H20N2O5/c27-21(16-31-22(28)15-25-24(30)18-11-5-2-6-12-18)26-20-14-8-7-13-19(20)23(29)17-9-3-1-4-10-17/h1-14H,15-16H2,(H,25,30)(H,26,27). The van der Waals surface area contributed by atoms with E-state index in [1.54, 1.807) is 84.9 Å². The molecule has 0 fully saturated rings. The molecule has 0 aromatic heterocycles. The topological polar surface area (TPSA) is 102 Å². The third-order valence-electron chi connectivity index (χ3n) is 4.28. The molecule has 2 amide bonds. The second kappa shape index (κ2) is 10.5. The molecule has 3 aromatic rings. The molecule has 0 spiro atoms. The Morgan fingerprint density at radius 3 is 1.97 bits per heavy atom. The quantitative estimate of drug-likeness (QED) is 0.434. The largest absolute Gasteiger partial charge is 0.454 e. The SMILES string of the molecule is O=C(COC(=O)CNC(=O)c1ccccc1)Nc1ccccc1C(=O)c1ccccc1. The van der Waals surface area contributed by atoms with Gasteiger partial charge in [-0.3, -0.25) is 19.2 Å². The van der Waals surface area contributed by atoms with E-state index in [0.717, 1.165) is 0 Å². The van der Waals surface area contributed by atoms with Crippen molar-refractivity contribution in [3.8, 4) is 0 Å². The fourth-order valence-corrected chi connectivity index (χ4v) is 2.76. The van der Waals surface area contributed by atoms with Crippen molar-refractivity contribution in [3.05, 3.63) is 102 Å². The summed E-state index contributed by atoms with van der Waals surface area (Å²) in [5.41, 5.74) is 1.54. The van der Waals surface area contributed by atoms with Crippen molar-refractivity contribution in [1.82, 2.24) is 5.32 Å². The van der Waals surface area contributed by atoms with E-state index in [1.165, 1.54) is 0 Å². The molecule has 156 valence electrons. The first-order valence-electron chi connectivity index (χ1n) is 9.52. The Kier molecular flexibility index (Phi) is 7.26. The summed E-state index contributed by atoms with van der Waals surface area (Å²) < 4.78 is 4.90. The average Bonchev–Trinajstić information content (AvgIpc) is 2.82. The van der Waals surface area contributed by atoms with Gasteiger partial charge in [0, 0.05) is 16.7 Å². The van der Waals surface area contributed by atoms with Gasteiger partial charge in [0.1, 0.15) is 6.54 Å². The van der Waals surface area contributed by atoms with Crippen LogP contribution >= 0.6 is 0 Å². The van der Waals surface area contributed by atoms with E-state index in [-0.39, 0.29) is 12.3 Å². The average molecular weight is 416 g/mol. The van der Waals surface area contributed by atoms with E-state index >= 15 is 0 Å². The van der Waals surface area contributed by atoms with E-state index in [2.05, 4.69) is 10.6 Å². The highest BCUT2D eigenvalue weighted by atomic mass is 16.5. The van der Waals surface area contributed by atoms with Crippen molar-refractivity contribution in [3.63, 3.8) is 0 Å². The summed E-state index contributed by atoms with van der Waals surface area (Å²) in [4.78, 5) is 48.6. The molecule has 0 aliphatic rings. The number of carbonyl (C=O) groups is 4. The molecule has 31 heavy (non-hydrogen) atoms. The first-order chi connectivity index (χ1) is 15.0. The lowest BCUT2D eigenvalue weighted by Crippen LogP contribution is -2.32. The molecule has 7 heteroatoms. The van der Waals surface area contributed by atoms with Crippen LogP contribution in [-0.2, 0) is 14.3 Å². The van der Waals surface area contributed by atoms with Crippen LogP contribution < -0.4 is 10.6 Å². The highest BCUT2D eigenvalue weighted by molar-refractivity contribution is 6.13. The molecule has 0 heterocycles. The summed E-state index contributed by atoms with van der Waals surface area (Å²) in [7, 11) is 0. The molecule has 0 unspecified atom stereocenters. The number of rotatable bonds is 8. The van der Waals surface area contributed by atoms with Crippen molar-refractivity contribution in [2.75, 3.05) is 18.5 Å². The van der Waals surface area contributed by atoms with Gasteiger partial charge in [0.15, 0.2) is 12.4 Å². The molecule has 0 atom stereocenters. The van der Waals surface area contributed by atoms with E-state index in [0.29, 0.717) is 22.4 Å². The van der Waals surface area contributed by atoms with Gasteiger partial charge in [0.2, 0.25) is 0 Å². The van der Waals surface area contributed by atoms with Gasteiger partial charge < -0.3 is 15.4 Å². The minimum atomic E-state index is -0.756. The summed E-state index contributed by atoms with van der Waals surface area (Å²) in [5.74, 6) is -2.02. The molecule has 0 aliphatic carbocycles. The van der Waals surface area contributed by atoms with Gasteiger partial charge in [-0.25, -0.2) is 0 Å². The Labute approximate surface area is 179 Å². The van der Waals surface area contributed by atoms with Gasteiger partial charge in [-0.05, 0) is 24.3 Å². The molecule has 2 N–H and O–H groups in total. The molecule has 7 nitrogen and oxygen atoms in total. The summed E-state index contributed by atoms with van der Waals surface area (Å²) in [6.45, 7) is -0.919. The zero-order valence-corrected chi connectivity index (χ0v) is 16.5. The molecule has 3 aromatic carbocycles. The number of para-hydroxylation sites is 1. The predicted molar refractivity (Wildman–Crippen MR) is 115 cm³/mol. The normalized spacial score (nSPS) is 10.1. The number of esters is 1. The number of amides is 2. The van der Waals surface area contributed by atoms with Gasteiger partial charge in [-0.15, -0.1) is 0 Å². The van der Waals surface area contributed by atoms with E-state index in [4.69, 9.17) is 4.74 Å². The van der Waals surface area contributed by atoms with Crippen LogP contribution in [0.2, 0.25) is 0 Å². The Balaban J connectivity index is 1.51. The summed E-state index contributed by atoms with van der Waals surface area (Å²) in [6, 6.07) is 23.7. The number of ether oxygens (including phenoxy) is 1. The molecule has 0 radical (unpaired) electrons. The lowest BCUT2D eigenvalue weighted by molar-refractivity contribution is -0.146. The third kappa shape index (κ3) is 6.11. The van der Waals surface area contributed by atoms with Crippen molar-refractivity contribution in [1.29, 1.82) is 0 Å². The number of nitrogens with one attached hydrogen (secondary N) is 2. The fourth-order valence-electron chi connectivity index (χ4n) is 2.76. The van der Waals surface area contributed by atoms with Gasteiger partial charge in [-0.1, -0.05) is 60.7 Å². The Bertz CT molecular complexity index is 1080. The highest BCUT2D eigenvalue weighted by Gasteiger charge is 2.16. The van der Waals surface area contributed by atoms with Crippen molar-refractivity contribution >= 4 is 29.3 Å². The van der Waals surface area contributed by atoms with Crippen LogP contribution in [0.5, 0.6) is 0 Å². The van der Waals surface area contributed by atoms with Gasteiger partial charge >= 0.3 is 5.97 Å².